The number of nitrogens with one attached hydrogen (secondary N) is 2. The van der Waals surface area contributed by atoms with E-state index in [1.54, 1.807) is 0 Å². The lowest BCUT2D eigenvalue weighted by Gasteiger charge is -1.91. The Morgan fingerprint density at radius 1 is 1.25 bits per heavy atom. The highest BCUT2D eigenvalue weighted by Gasteiger charge is 1.82. The van der Waals surface area contributed by atoms with Gasteiger partial charge in [0.2, 0.25) is 4.91 Å². The van der Waals surface area contributed by atoms with E-state index >= 15 is 0 Å². The first-order valence-corrected chi connectivity index (χ1v) is 3.47. The fourth-order valence-electron chi connectivity index (χ4n) is 0.703. The highest BCUT2D eigenvalue weighted by Crippen LogP contribution is 2.02. The zero-order valence-corrected chi connectivity index (χ0v) is 7.04. The SMILES string of the molecule is C=Cc1ccc(C)cc1.N=[N+]=N. The Morgan fingerprint density at radius 3 is 2.00 bits per heavy atom. The minimum atomic E-state index is 1.18. The molecule has 0 aliphatic carbocycles. The zero-order chi connectivity index (χ0) is 9.40. The van der Waals surface area contributed by atoms with Crippen LogP contribution in [0.2, 0.25) is 0 Å². The second kappa shape index (κ2) is 6.01. The molecule has 0 aromatic heterocycles. The van der Waals surface area contributed by atoms with Gasteiger partial charge >= 0.3 is 0 Å². The van der Waals surface area contributed by atoms with E-state index in [1.165, 1.54) is 11.1 Å². The van der Waals surface area contributed by atoms with Gasteiger partial charge in [0.1, 0.15) is 11.1 Å². The molecule has 0 saturated carbocycles. The number of benzene rings is 1. The monoisotopic (exact) mass is 162 g/mol. The molecule has 0 aliphatic rings. The number of hydrogen-bond donors (Lipinski definition) is 2. The van der Waals surface area contributed by atoms with Gasteiger partial charge in [-0.05, 0) is 12.5 Å². The lowest BCUT2D eigenvalue weighted by molar-refractivity contribution is 0.928. The van der Waals surface area contributed by atoms with E-state index in [9.17, 15) is 0 Å². The Labute approximate surface area is 71.8 Å². The summed E-state index contributed by atoms with van der Waals surface area (Å²) in [6, 6.07) is 8.28. The van der Waals surface area contributed by atoms with Crippen molar-refractivity contribution in [3.05, 3.63) is 42.0 Å². The van der Waals surface area contributed by atoms with Gasteiger partial charge < -0.3 is 0 Å². The van der Waals surface area contributed by atoms with Crippen LogP contribution in [0, 0.1) is 18.0 Å². The number of rotatable bonds is 1. The van der Waals surface area contributed by atoms with Crippen LogP contribution in [0.3, 0.4) is 0 Å². The van der Waals surface area contributed by atoms with Gasteiger partial charge in [0.15, 0.2) is 0 Å². The van der Waals surface area contributed by atoms with Crippen LogP contribution in [0.15, 0.2) is 30.8 Å². The fraction of sp³-hybridized carbons (Fsp3) is 0.111. The van der Waals surface area contributed by atoms with Gasteiger partial charge in [-0.3, -0.25) is 0 Å². The van der Waals surface area contributed by atoms with Crippen molar-refractivity contribution in [2.75, 3.05) is 0 Å². The lowest BCUT2D eigenvalue weighted by atomic mass is 10.2. The average Bonchev–Trinajstić information content (AvgIpc) is 2.07. The molecule has 3 nitrogen and oxygen atoms in total. The van der Waals surface area contributed by atoms with Crippen molar-refractivity contribution < 1.29 is 0 Å². The quantitative estimate of drug-likeness (QED) is 0.471. The molecule has 0 radical (unpaired) electrons. The van der Waals surface area contributed by atoms with Crippen molar-refractivity contribution in [3.63, 3.8) is 0 Å². The molecule has 62 valence electrons. The van der Waals surface area contributed by atoms with Crippen LogP contribution in [0.4, 0.5) is 0 Å². The van der Waals surface area contributed by atoms with Crippen molar-refractivity contribution in [2.45, 2.75) is 6.92 Å². The summed E-state index contributed by atoms with van der Waals surface area (Å²) in [5, 5.41) is 0. The van der Waals surface area contributed by atoms with Gasteiger partial charge in [0.25, 0.3) is 0 Å². The lowest BCUT2D eigenvalue weighted by Crippen LogP contribution is -1.71. The third-order valence-corrected chi connectivity index (χ3v) is 1.31. The topological polar surface area (TPSA) is 61.8 Å². The molecule has 0 aliphatic heterocycles. The Hall–Kier alpha value is -1.73. The van der Waals surface area contributed by atoms with Crippen LogP contribution in [-0.4, -0.2) is 0 Å². The molecule has 0 spiro atoms. The molecule has 12 heavy (non-hydrogen) atoms. The van der Waals surface area contributed by atoms with Crippen LogP contribution in [0.5, 0.6) is 0 Å². The molecular formula is C9H12N3+. The van der Waals surface area contributed by atoms with Crippen LogP contribution < -0.4 is 4.91 Å². The van der Waals surface area contributed by atoms with Gasteiger partial charge in [-0.1, -0.05) is 42.5 Å². The van der Waals surface area contributed by atoms with Gasteiger partial charge in [0.05, 0.1) is 0 Å². The van der Waals surface area contributed by atoms with Gasteiger partial charge in [0, 0.05) is 0 Å². The first-order chi connectivity index (χ1) is 5.74. The van der Waals surface area contributed by atoms with Crippen molar-refractivity contribution in [2.24, 2.45) is 0 Å². The summed E-state index contributed by atoms with van der Waals surface area (Å²) < 4.78 is 0. The molecule has 0 unspecified atom stereocenters. The smallest absolute Gasteiger partial charge is 0.0985 e. The molecule has 0 heterocycles. The molecule has 0 bridgehead atoms. The van der Waals surface area contributed by atoms with E-state index in [0.717, 1.165) is 0 Å². The zero-order valence-electron chi connectivity index (χ0n) is 7.04. The normalized spacial score (nSPS) is 7.42. The molecule has 1 rings (SSSR count). The summed E-state index contributed by atoms with van der Waals surface area (Å²) in [5.41, 5.74) is 13.5. The second-order valence-electron chi connectivity index (χ2n) is 2.23. The summed E-state index contributed by atoms with van der Waals surface area (Å²) in [7, 11) is 0. The predicted octanol–water partition coefficient (Wildman–Crippen LogP) is 2.75. The first-order valence-electron chi connectivity index (χ1n) is 3.47. The van der Waals surface area contributed by atoms with Crippen molar-refractivity contribution in [3.8, 4) is 0 Å². The maximum Gasteiger partial charge on any atom is 0.211 e. The molecule has 0 amide bonds. The third kappa shape index (κ3) is 4.14. The number of aryl methyl sites for hydroxylation is 1. The van der Waals surface area contributed by atoms with E-state index in [4.69, 9.17) is 11.1 Å². The van der Waals surface area contributed by atoms with Crippen LogP contribution in [0.25, 0.3) is 6.08 Å². The minimum Gasteiger partial charge on any atom is -0.0985 e. The third-order valence-electron chi connectivity index (χ3n) is 1.31. The van der Waals surface area contributed by atoms with E-state index in [0.29, 0.717) is 0 Å². The van der Waals surface area contributed by atoms with Crippen molar-refractivity contribution in [1.29, 1.82) is 11.1 Å². The van der Waals surface area contributed by atoms with Crippen LogP contribution >= 0.6 is 0 Å². The van der Waals surface area contributed by atoms with Crippen molar-refractivity contribution in [1.82, 2.24) is 4.91 Å². The van der Waals surface area contributed by atoms with Gasteiger partial charge in [-0.15, -0.1) is 0 Å². The highest BCUT2D eigenvalue weighted by atomic mass is 15.0. The molecule has 1 aromatic carbocycles. The predicted molar refractivity (Wildman–Crippen MR) is 48.8 cm³/mol. The average molecular weight is 162 g/mol. The summed E-state index contributed by atoms with van der Waals surface area (Å²) in [6.45, 7) is 5.74. The maximum absolute atomic E-state index is 5.50. The van der Waals surface area contributed by atoms with Crippen molar-refractivity contribution >= 4 is 6.08 Å². The van der Waals surface area contributed by atoms with E-state index in [1.807, 2.05) is 11.0 Å². The Kier molecular flexibility index (Phi) is 5.14. The Morgan fingerprint density at radius 2 is 1.67 bits per heavy atom. The van der Waals surface area contributed by atoms with E-state index in [-0.39, 0.29) is 0 Å². The summed E-state index contributed by atoms with van der Waals surface area (Å²) >= 11 is 0. The molecular weight excluding hydrogens is 150 g/mol. The van der Waals surface area contributed by atoms with Crippen LogP contribution in [-0.2, 0) is 0 Å². The maximum atomic E-state index is 5.50. The van der Waals surface area contributed by atoms with Gasteiger partial charge in [-0.2, -0.15) is 0 Å². The highest BCUT2D eigenvalue weighted by molar-refractivity contribution is 5.46. The summed E-state index contributed by atoms with van der Waals surface area (Å²) in [4.78, 5) is 2.00. The fourth-order valence-corrected chi connectivity index (χ4v) is 0.703. The Balaban J connectivity index is 0.000000354. The van der Waals surface area contributed by atoms with Crippen LogP contribution in [0.1, 0.15) is 11.1 Å². The number of nitrogens with zero attached hydrogens (tertiary/aromatic N) is 1. The minimum absolute atomic E-state index is 1.18. The first kappa shape index (κ1) is 10.3. The molecule has 1 aromatic rings. The second-order valence-corrected chi connectivity index (χ2v) is 2.23. The van der Waals surface area contributed by atoms with Gasteiger partial charge in [-0.25, -0.2) is 0 Å². The molecule has 0 atom stereocenters. The van der Waals surface area contributed by atoms with E-state index < -0.39 is 0 Å². The summed E-state index contributed by atoms with van der Waals surface area (Å²) in [6.07, 6.45) is 1.85. The molecule has 3 heteroatoms. The number of hydrogen-bond acceptors (Lipinski definition) is 2. The molecule has 2 N–H and O–H groups in total. The van der Waals surface area contributed by atoms with E-state index in [2.05, 4.69) is 37.8 Å². The Bertz CT molecular complexity index is 268. The standard InChI is InChI=1S/C9H10.H2N3/c1-3-9-6-4-8(2)5-7-9;1-3-2/h3-7H,1H2,2H3;1-2H/q;+1. The largest absolute Gasteiger partial charge is 0.211 e. The molecule has 0 saturated heterocycles. The molecule has 0 fully saturated rings. The summed E-state index contributed by atoms with van der Waals surface area (Å²) in [5.74, 6) is 0.